The van der Waals surface area contributed by atoms with Gasteiger partial charge in [-0.25, -0.2) is 9.97 Å². The number of carbonyl (C=O) groups is 1. The van der Waals surface area contributed by atoms with Crippen molar-refractivity contribution < 1.29 is 14.3 Å². The van der Waals surface area contributed by atoms with Crippen LogP contribution in [0.15, 0.2) is 84.5 Å². The lowest BCUT2D eigenvalue weighted by atomic mass is 10.1. The van der Waals surface area contributed by atoms with E-state index in [1.807, 2.05) is 99.3 Å². The number of benzene rings is 2. The number of carbonyl (C=O) groups excluding carboxylic acids is 1. The monoisotopic (exact) mass is 536 g/mol. The summed E-state index contributed by atoms with van der Waals surface area (Å²) in [7, 11) is 0. The van der Waals surface area contributed by atoms with E-state index in [2.05, 4.69) is 19.1 Å². The summed E-state index contributed by atoms with van der Waals surface area (Å²) in [5.41, 5.74) is 3.72. The number of ether oxygens (including phenoxy) is 2. The van der Waals surface area contributed by atoms with Gasteiger partial charge in [-0.1, -0.05) is 24.3 Å². The molecule has 1 aliphatic rings. The Balaban J connectivity index is 1.08. The first-order valence-electron chi connectivity index (χ1n) is 13.9. The van der Waals surface area contributed by atoms with Gasteiger partial charge < -0.3 is 18.6 Å². The molecular weight excluding hydrogens is 500 g/mol. The maximum Gasteiger partial charge on any atom is 0.185 e. The van der Waals surface area contributed by atoms with Crippen molar-refractivity contribution in [3.05, 3.63) is 107 Å². The molecule has 0 aliphatic heterocycles. The van der Waals surface area contributed by atoms with Crippen molar-refractivity contribution >= 4 is 17.9 Å². The van der Waals surface area contributed by atoms with Gasteiger partial charge in [-0.15, -0.1) is 0 Å². The molecule has 1 fully saturated rings. The van der Waals surface area contributed by atoms with E-state index in [1.165, 1.54) is 0 Å². The molecule has 0 radical (unpaired) electrons. The van der Waals surface area contributed by atoms with Crippen LogP contribution in [0.25, 0.3) is 12.2 Å². The Kier molecular flexibility index (Phi) is 8.91. The van der Waals surface area contributed by atoms with E-state index < -0.39 is 0 Å². The molecule has 0 spiro atoms. The molecule has 0 bridgehead atoms. The number of nitrogens with zero attached hydrogens (tertiary/aromatic N) is 4. The third-order valence-corrected chi connectivity index (χ3v) is 7.16. The summed E-state index contributed by atoms with van der Waals surface area (Å²) in [5.74, 6) is 3.84. The highest BCUT2D eigenvalue weighted by molar-refractivity contribution is 6.15. The van der Waals surface area contributed by atoms with Crippen LogP contribution in [0.1, 0.15) is 48.5 Å². The number of hydrogen-bond donors (Lipinski definition) is 0. The molecule has 0 saturated heterocycles. The number of ketones is 1. The highest BCUT2D eigenvalue weighted by Gasteiger charge is 2.22. The van der Waals surface area contributed by atoms with Gasteiger partial charge in [-0.2, -0.15) is 0 Å². The zero-order valence-electron chi connectivity index (χ0n) is 23.3. The van der Waals surface area contributed by atoms with Gasteiger partial charge in [0.1, 0.15) is 23.1 Å². The van der Waals surface area contributed by atoms with Gasteiger partial charge in [0.15, 0.2) is 5.78 Å². The molecule has 206 valence electrons. The molecule has 7 heteroatoms. The second kappa shape index (κ2) is 13.1. The number of rotatable bonds is 12. The van der Waals surface area contributed by atoms with E-state index in [0.29, 0.717) is 13.2 Å². The number of allylic oxidation sites excluding steroid dienone is 2. The van der Waals surface area contributed by atoms with Crippen LogP contribution in [0.3, 0.4) is 0 Å². The lowest BCUT2D eigenvalue weighted by Gasteiger charge is -2.08. The van der Waals surface area contributed by atoms with Crippen LogP contribution in [0.4, 0.5) is 0 Å². The normalized spacial score (nSPS) is 15.3. The molecule has 0 atom stereocenters. The SMILES string of the molecule is Cc1nccn1CCCOc1ccc(/C=C2\CC/C(=C\c3ccc(OCCCn4ccnc4C)cc3)C2=O)cc1. The van der Waals surface area contributed by atoms with Crippen molar-refractivity contribution in [2.24, 2.45) is 0 Å². The number of imidazole rings is 2. The van der Waals surface area contributed by atoms with Crippen molar-refractivity contribution in [3.8, 4) is 11.5 Å². The van der Waals surface area contributed by atoms with Crippen LogP contribution >= 0.6 is 0 Å². The molecule has 2 aromatic carbocycles. The topological polar surface area (TPSA) is 71.2 Å². The van der Waals surface area contributed by atoms with Crippen molar-refractivity contribution in [1.29, 1.82) is 0 Å². The van der Waals surface area contributed by atoms with Crippen LogP contribution in [-0.2, 0) is 17.9 Å². The molecule has 4 aromatic rings. The van der Waals surface area contributed by atoms with Crippen LogP contribution in [0.5, 0.6) is 11.5 Å². The smallest absolute Gasteiger partial charge is 0.185 e. The molecule has 1 saturated carbocycles. The summed E-state index contributed by atoms with van der Waals surface area (Å²) in [6, 6.07) is 15.9. The van der Waals surface area contributed by atoms with Gasteiger partial charge in [0.05, 0.1) is 13.2 Å². The maximum atomic E-state index is 13.0. The summed E-state index contributed by atoms with van der Waals surface area (Å²) < 4.78 is 16.0. The average molecular weight is 537 g/mol. The van der Waals surface area contributed by atoms with Crippen LogP contribution in [-0.4, -0.2) is 38.1 Å². The summed E-state index contributed by atoms with van der Waals surface area (Å²) in [6.07, 6.45) is 14.9. The van der Waals surface area contributed by atoms with E-state index >= 15 is 0 Å². The Morgan fingerprint density at radius 3 is 1.50 bits per heavy atom. The fraction of sp³-hybridized carbons (Fsp3) is 0.303. The lowest BCUT2D eigenvalue weighted by molar-refractivity contribution is -0.111. The average Bonchev–Trinajstić information content (AvgIpc) is 3.67. The molecule has 1 aliphatic carbocycles. The third-order valence-electron chi connectivity index (χ3n) is 7.16. The Bertz CT molecular complexity index is 1360. The number of aryl methyl sites for hydroxylation is 4. The molecule has 40 heavy (non-hydrogen) atoms. The summed E-state index contributed by atoms with van der Waals surface area (Å²) in [4.78, 5) is 21.5. The minimum Gasteiger partial charge on any atom is -0.494 e. The summed E-state index contributed by atoms with van der Waals surface area (Å²) >= 11 is 0. The molecular formula is C33H36N4O3. The predicted molar refractivity (Wildman–Crippen MR) is 157 cm³/mol. The van der Waals surface area contributed by atoms with Gasteiger partial charge in [-0.05, 0) is 87.1 Å². The Labute approximate surface area is 235 Å². The van der Waals surface area contributed by atoms with Gasteiger partial charge in [0.2, 0.25) is 0 Å². The molecule has 0 N–H and O–H groups in total. The number of Topliss-reactive ketones (excluding diaryl/α,β-unsaturated/α-hetero) is 1. The molecule has 2 heterocycles. The van der Waals surface area contributed by atoms with Gasteiger partial charge in [-0.3, -0.25) is 4.79 Å². The van der Waals surface area contributed by atoms with Gasteiger partial charge >= 0.3 is 0 Å². The molecule has 0 unspecified atom stereocenters. The molecule has 2 aromatic heterocycles. The van der Waals surface area contributed by atoms with E-state index in [1.54, 1.807) is 0 Å². The standard InChI is InChI=1S/C33H36N4O3/c1-25-34-15-19-36(25)17-3-21-39-31-11-5-27(6-12-31)23-29-9-10-30(33(29)38)24-28-7-13-32(14-8-28)40-22-4-18-37-20-16-35-26(37)2/h5-8,11-16,19-20,23-24H,3-4,9-10,17-18,21-22H2,1-2H3/b29-23+,30-24+. The Hall–Kier alpha value is -4.39. The fourth-order valence-electron chi connectivity index (χ4n) is 4.83. The summed E-state index contributed by atoms with van der Waals surface area (Å²) in [5, 5.41) is 0. The first-order valence-corrected chi connectivity index (χ1v) is 13.9. The van der Waals surface area contributed by atoms with Crippen molar-refractivity contribution in [2.75, 3.05) is 13.2 Å². The third kappa shape index (κ3) is 7.17. The minimum absolute atomic E-state index is 0.130. The Morgan fingerprint density at radius 2 is 1.12 bits per heavy atom. The first kappa shape index (κ1) is 27.2. The second-order valence-electron chi connectivity index (χ2n) is 10.0. The van der Waals surface area contributed by atoms with Crippen molar-refractivity contribution in [3.63, 3.8) is 0 Å². The molecule has 0 amide bonds. The van der Waals surface area contributed by atoms with Crippen LogP contribution in [0.2, 0.25) is 0 Å². The highest BCUT2D eigenvalue weighted by Crippen LogP contribution is 2.30. The summed E-state index contributed by atoms with van der Waals surface area (Å²) in [6.45, 7) is 7.07. The van der Waals surface area contributed by atoms with Crippen molar-refractivity contribution in [2.45, 2.75) is 52.6 Å². The maximum absolute atomic E-state index is 13.0. The quantitative estimate of drug-likeness (QED) is 0.153. The number of hydrogen-bond acceptors (Lipinski definition) is 5. The van der Waals surface area contributed by atoms with E-state index in [4.69, 9.17) is 9.47 Å². The van der Waals surface area contributed by atoms with Crippen LogP contribution in [0, 0.1) is 13.8 Å². The fourth-order valence-corrected chi connectivity index (χ4v) is 4.83. The lowest BCUT2D eigenvalue weighted by Crippen LogP contribution is -2.05. The molecule has 5 rings (SSSR count). The van der Waals surface area contributed by atoms with Crippen molar-refractivity contribution in [1.82, 2.24) is 19.1 Å². The Morgan fingerprint density at radius 1 is 0.700 bits per heavy atom. The zero-order chi connectivity index (χ0) is 27.7. The van der Waals surface area contributed by atoms with E-state index in [0.717, 1.165) is 84.2 Å². The van der Waals surface area contributed by atoms with Crippen LogP contribution < -0.4 is 9.47 Å². The first-order chi connectivity index (χ1) is 19.5. The predicted octanol–water partition coefficient (Wildman–Crippen LogP) is 6.46. The largest absolute Gasteiger partial charge is 0.494 e. The highest BCUT2D eigenvalue weighted by atomic mass is 16.5. The molecule has 7 nitrogen and oxygen atoms in total. The van der Waals surface area contributed by atoms with Gasteiger partial charge in [0.25, 0.3) is 0 Å². The van der Waals surface area contributed by atoms with Gasteiger partial charge in [0, 0.05) is 49.0 Å². The van der Waals surface area contributed by atoms with E-state index in [9.17, 15) is 4.79 Å². The second-order valence-corrected chi connectivity index (χ2v) is 10.0. The number of aromatic nitrogens is 4. The van der Waals surface area contributed by atoms with E-state index in [-0.39, 0.29) is 5.78 Å². The minimum atomic E-state index is 0.130. The zero-order valence-corrected chi connectivity index (χ0v) is 23.3.